The Balaban J connectivity index is 2.11. The molecule has 0 spiro atoms. The van der Waals surface area contributed by atoms with E-state index in [2.05, 4.69) is 5.32 Å². The van der Waals surface area contributed by atoms with Crippen LogP contribution >= 0.6 is 34.8 Å². The van der Waals surface area contributed by atoms with Gasteiger partial charge in [-0.15, -0.1) is 0 Å². The second kappa shape index (κ2) is 14.0. The van der Waals surface area contributed by atoms with Gasteiger partial charge in [0.1, 0.15) is 18.3 Å². The Kier molecular flexibility index (Phi) is 11.2. The van der Waals surface area contributed by atoms with Crippen molar-refractivity contribution in [2.45, 2.75) is 57.1 Å². The molecular weight excluding hydrogens is 621 g/mol. The first kappa shape index (κ1) is 33.5. The molecule has 12 heteroatoms. The van der Waals surface area contributed by atoms with Gasteiger partial charge in [-0.3, -0.25) is 13.9 Å². The number of carbonyl (C=O) groups excluding carboxylic acids is 2. The summed E-state index contributed by atoms with van der Waals surface area (Å²) in [6.07, 6.45) is 0.273. The van der Waals surface area contributed by atoms with Crippen LogP contribution in [0.4, 0.5) is 5.69 Å². The van der Waals surface area contributed by atoms with Crippen LogP contribution in [0.15, 0.2) is 71.6 Å². The smallest absolute Gasteiger partial charge is 0.264 e. The highest BCUT2D eigenvalue weighted by atomic mass is 35.5. The van der Waals surface area contributed by atoms with Gasteiger partial charge in [0.05, 0.1) is 32.8 Å². The zero-order valence-corrected chi connectivity index (χ0v) is 27.1. The standard InChI is InChI=1S/C30H34Cl3N3O5S/c1-6-26(29(38)34-30(2,3)4)35(18-20-12-14-23(31)24(32)16-20)28(37)19-36(21-13-15-27(41-5)25(33)17-21)42(39,40)22-10-8-7-9-11-22/h7-17,26H,6,18-19H2,1-5H3,(H,34,38). The Morgan fingerprint density at radius 2 is 1.60 bits per heavy atom. The van der Waals surface area contributed by atoms with Crippen LogP contribution in [0.3, 0.4) is 0 Å². The summed E-state index contributed by atoms with van der Waals surface area (Å²) in [6, 6.07) is 16.2. The van der Waals surface area contributed by atoms with E-state index in [9.17, 15) is 18.0 Å². The monoisotopic (exact) mass is 653 g/mol. The average Bonchev–Trinajstić information content (AvgIpc) is 2.92. The second-order valence-corrected chi connectivity index (χ2v) is 13.7. The lowest BCUT2D eigenvalue weighted by atomic mass is 10.1. The first-order chi connectivity index (χ1) is 19.7. The van der Waals surface area contributed by atoms with Crippen molar-refractivity contribution in [2.24, 2.45) is 0 Å². The molecule has 226 valence electrons. The van der Waals surface area contributed by atoms with Crippen molar-refractivity contribution in [1.29, 1.82) is 0 Å². The van der Waals surface area contributed by atoms with E-state index in [0.717, 1.165) is 4.31 Å². The summed E-state index contributed by atoms with van der Waals surface area (Å²) in [5, 5.41) is 3.72. The Hall–Kier alpha value is -2.98. The summed E-state index contributed by atoms with van der Waals surface area (Å²) >= 11 is 18.7. The summed E-state index contributed by atoms with van der Waals surface area (Å²) in [5.74, 6) is -0.637. The van der Waals surface area contributed by atoms with Gasteiger partial charge in [-0.05, 0) is 75.2 Å². The van der Waals surface area contributed by atoms with Gasteiger partial charge in [0.2, 0.25) is 11.8 Å². The number of sulfonamides is 1. The molecule has 0 saturated carbocycles. The van der Waals surface area contributed by atoms with E-state index in [4.69, 9.17) is 39.5 Å². The van der Waals surface area contributed by atoms with Crippen LogP contribution in [0, 0.1) is 0 Å². The number of hydrogen-bond acceptors (Lipinski definition) is 5. The van der Waals surface area contributed by atoms with Gasteiger partial charge < -0.3 is 15.0 Å². The molecule has 8 nitrogen and oxygen atoms in total. The summed E-state index contributed by atoms with van der Waals surface area (Å²) in [7, 11) is -2.80. The predicted molar refractivity (Wildman–Crippen MR) is 168 cm³/mol. The minimum Gasteiger partial charge on any atom is -0.495 e. The van der Waals surface area contributed by atoms with Crippen LogP contribution in [0.25, 0.3) is 0 Å². The van der Waals surface area contributed by atoms with Gasteiger partial charge in [-0.2, -0.15) is 0 Å². The van der Waals surface area contributed by atoms with E-state index >= 15 is 0 Å². The van der Waals surface area contributed by atoms with Gasteiger partial charge in [-0.1, -0.05) is 66.0 Å². The Bertz CT molecular complexity index is 1530. The molecule has 0 aliphatic carbocycles. The highest BCUT2D eigenvalue weighted by Gasteiger charge is 2.35. The van der Waals surface area contributed by atoms with Crippen molar-refractivity contribution < 1.29 is 22.7 Å². The number of nitrogens with one attached hydrogen (secondary N) is 1. The molecule has 0 bridgehead atoms. The average molecular weight is 655 g/mol. The summed E-state index contributed by atoms with van der Waals surface area (Å²) in [6.45, 7) is 6.66. The first-order valence-corrected chi connectivity index (χ1v) is 15.7. The SMILES string of the molecule is CCC(C(=O)NC(C)(C)C)N(Cc1ccc(Cl)c(Cl)c1)C(=O)CN(c1ccc(OC)c(Cl)c1)S(=O)(=O)c1ccccc1. The minimum atomic E-state index is -4.24. The molecule has 3 rings (SSSR count). The lowest BCUT2D eigenvalue weighted by molar-refractivity contribution is -0.141. The molecule has 3 aromatic rings. The molecule has 2 amide bonds. The molecule has 42 heavy (non-hydrogen) atoms. The Labute approximate surface area is 262 Å². The van der Waals surface area contributed by atoms with Gasteiger partial charge in [0, 0.05) is 12.1 Å². The predicted octanol–water partition coefficient (Wildman–Crippen LogP) is 6.57. The van der Waals surface area contributed by atoms with E-state index in [0.29, 0.717) is 16.3 Å². The maximum absolute atomic E-state index is 14.2. The third-order valence-electron chi connectivity index (χ3n) is 6.25. The number of anilines is 1. The Morgan fingerprint density at radius 3 is 2.14 bits per heavy atom. The van der Waals surface area contributed by atoms with Crippen molar-refractivity contribution >= 4 is 62.3 Å². The third-order valence-corrected chi connectivity index (χ3v) is 9.08. The number of rotatable bonds is 11. The van der Waals surface area contributed by atoms with Crippen LogP contribution in [0.2, 0.25) is 15.1 Å². The molecule has 0 aromatic heterocycles. The molecule has 0 aliphatic heterocycles. The van der Waals surface area contributed by atoms with Crippen LogP contribution in [-0.4, -0.2) is 50.4 Å². The van der Waals surface area contributed by atoms with Crippen molar-refractivity contribution in [3.05, 3.63) is 87.4 Å². The lowest BCUT2D eigenvalue weighted by Crippen LogP contribution is -2.55. The number of ether oxygens (including phenoxy) is 1. The van der Waals surface area contributed by atoms with Crippen LogP contribution in [-0.2, 0) is 26.2 Å². The molecule has 1 atom stereocenters. The van der Waals surface area contributed by atoms with E-state index < -0.39 is 34.1 Å². The van der Waals surface area contributed by atoms with E-state index in [-0.39, 0.29) is 39.5 Å². The fourth-order valence-electron chi connectivity index (χ4n) is 4.27. The summed E-state index contributed by atoms with van der Waals surface area (Å²) < 4.78 is 34.1. The fraction of sp³-hybridized carbons (Fsp3) is 0.333. The van der Waals surface area contributed by atoms with Gasteiger partial charge in [0.25, 0.3) is 10.0 Å². The molecule has 1 unspecified atom stereocenters. The molecule has 0 aliphatic rings. The molecular formula is C30H34Cl3N3O5S. The number of carbonyl (C=O) groups is 2. The van der Waals surface area contributed by atoms with Crippen LogP contribution < -0.4 is 14.4 Å². The summed E-state index contributed by atoms with van der Waals surface area (Å²) in [5.41, 5.74) is 0.204. The van der Waals surface area contributed by atoms with Gasteiger partial charge in [-0.25, -0.2) is 8.42 Å². The van der Waals surface area contributed by atoms with Gasteiger partial charge >= 0.3 is 0 Å². The van der Waals surface area contributed by atoms with E-state index in [1.807, 2.05) is 20.8 Å². The molecule has 0 radical (unpaired) electrons. The quantitative estimate of drug-likeness (QED) is 0.252. The maximum Gasteiger partial charge on any atom is 0.264 e. The first-order valence-electron chi connectivity index (χ1n) is 13.1. The molecule has 0 fully saturated rings. The highest BCUT2D eigenvalue weighted by molar-refractivity contribution is 7.92. The number of hydrogen-bond donors (Lipinski definition) is 1. The lowest BCUT2D eigenvalue weighted by Gasteiger charge is -2.35. The Morgan fingerprint density at radius 1 is 0.929 bits per heavy atom. The van der Waals surface area contributed by atoms with Crippen molar-refractivity contribution in [2.75, 3.05) is 18.0 Å². The number of halogens is 3. The van der Waals surface area contributed by atoms with Crippen molar-refractivity contribution in [3.63, 3.8) is 0 Å². The summed E-state index contributed by atoms with van der Waals surface area (Å²) in [4.78, 5) is 28.9. The fourth-order valence-corrected chi connectivity index (χ4v) is 6.27. The van der Waals surface area contributed by atoms with E-state index in [1.165, 1.54) is 42.3 Å². The van der Waals surface area contributed by atoms with Crippen LogP contribution in [0.1, 0.15) is 39.7 Å². The number of benzene rings is 3. The molecule has 0 saturated heterocycles. The zero-order valence-electron chi connectivity index (χ0n) is 24.0. The minimum absolute atomic E-state index is 0.0155. The maximum atomic E-state index is 14.2. The second-order valence-electron chi connectivity index (χ2n) is 10.6. The van der Waals surface area contributed by atoms with Gasteiger partial charge in [0.15, 0.2) is 0 Å². The third kappa shape index (κ3) is 8.31. The number of nitrogens with zero attached hydrogens (tertiary/aromatic N) is 2. The topological polar surface area (TPSA) is 96.0 Å². The van der Waals surface area contributed by atoms with Crippen molar-refractivity contribution in [3.8, 4) is 5.75 Å². The highest BCUT2D eigenvalue weighted by Crippen LogP contribution is 2.32. The number of methoxy groups -OCH3 is 1. The number of amides is 2. The normalized spacial score (nSPS) is 12.4. The zero-order chi connectivity index (χ0) is 31.2. The van der Waals surface area contributed by atoms with E-state index in [1.54, 1.807) is 43.3 Å². The van der Waals surface area contributed by atoms with Crippen LogP contribution in [0.5, 0.6) is 5.75 Å². The molecule has 3 aromatic carbocycles. The molecule has 0 heterocycles. The largest absolute Gasteiger partial charge is 0.495 e. The molecule has 1 N–H and O–H groups in total. The van der Waals surface area contributed by atoms with Crippen molar-refractivity contribution in [1.82, 2.24) is 10.2 Å².